The molecule has 0 saturated heterocycles. The van der Waals surface area contributed by atoms with Gasteiger partial charge in [-0.05, 0) is 51.2 Å². The van der Waals surface area contributed by atoms with Crippen LogP contribution in [0.25, 0.3) is 0 Å². The number of aryl methyl sites for hydroxylation is 1. The molecule has 6 heteroatoms. The van der Waals surface area contributed by atoms with Crippen molar-refractivity contribution in [3.8, 4) is 11.5 Å². The first-order chi connectivity index (χ1) is 12.6. The Labute approximate surface area is 163 Å². The number of hydrogen-bond acceptors (Lipinski definition) is 5. The molecule has 0 radical (unpaired) electrons. The van der Waals surface area contributed by atoms with Gasteiger partial charge in [0.15, 0.2) is 11.9 Å². The van der Waals surface area contributed by atoms with Crippen molar-refractivity contribution in [2.24, 2.45) is 0 Å². The van der Waals surface area contributed by atoms with Gasteiger partial charge in [0.2, 0.25) is 0 Å². The maximum atomic E-state index is 12.0. The summed E-state index contributed by atoms with van der Waals surface area (Å²) in [5.41, 5.74) is 1.50. The number of ketones is 1. The molecule has 1 heterocycles. The standard InChI is InChI=1S/C20H27BrO5/c1-3-24-20(23)17-9-8-15-12-16(14(2)22)19(13-18(15)26-17)25-11-7-5-4-6-10-21/h12-13,17H,3-11H2,1-2H3. The van der Waals surface area contributed by atoms with E-state index in [1.54, 1.807) is 13.0 Å². The van der Waals surface area contributed by atoms with Crippen LogP contribution in [0.4, 0.5) is 0 Å². The first kappa shape index (κ1) is 20.7. The molecule has 1 aromatic rings. The Morgan fingerprint density at radius 3 is 2.69 bits per heavy atom. The van der Waals surface area contributed by atoms with Gasteiger partial charge in [0.25, 0.3) is 0 Å². The van der Waals surface area contributed by atoms with E-state index in [1.807, 2.05) is 6.07 Å². The van der Waals surface area contributed by atoms with Crippen molar-refractivity contribution in [1.82, 2.24) is 0 Å². The number of alkyl halides is 1. The SMILES string of the molecule is CCOC(=O)C1CCc2cc(C(C)=O)c(OCCCCCCBr)cc2O1. The van der Waals surface area contributed by atoms with Crippen molar-refractivity contribution in [1.29, 1.82) is 0 Å². The van der Waals surface area contributed by atoms with Crippen molar-refractivity contribution in [2.75, 3.05) is 18.5 Å². The van der Waals surface area contributed by atoms with Crippen LogP contribution in [0.1, 0.15) is 61.9 Å². The number of ether oxygens (including phenoxy) is 3. The zero-order valence-electron chi connectivity index (χ0n) is 15.5. The summed E-state index contributed by atoms with van der Waals surface area (Å²) in [6, 6.07) is 3.58. The minimum Gasteiger partial charge on any atom is -0.493 e. The van der Waals surface area contributed by atoms with Gasteiger partial charge in [-0.3, -0.25) is 4.79 Å². The third-order valence-electron chi connectivity index (χ3n) is 4.32. The molecule has 26 heavy (non-hydrogen) atoms. The Balaban J connectivity index is 2.06. The van der Waals surface area contributed by atoms with Gasteiger partial charge in [0, 0.05) is 11.4 Å². The second-order valence-corrected chi connectivity index (χ2v) is 7.15. The van der Waals surface area contributed by atoms with E-state index in [0.29, 0.717) is 43.1 Å². The predicted octanol–water partition coefficient (Wildman–Crippen LogP) is 4.48. The fourth-order valence-electron chi connectivity index (χ4n) is 2.94. The van der Waals surface area contributed by atoms with E-state index in [-0.39, 0.29) is 11.8 Å². The number of carbonyl (C=O) groups is 2. The Bertz CT molecular complexity index is 629. The summed E-state index contributed by atoms with van der Waals surface area (Å²) in [7, 11) is 0. The molecule has 0 spiro atoms. The van der Waals surface area contributed by atoms with E-state index in [9.17, 15) is 9.59 Å². The van der Waals surface area contributed by atoms with Crippen molar-refractivity contribution in [3.05, 3.63) is 23.3 Å². The van der Waals surface area contributed by atoms with Crippen LogP contribution in [0, 0.1) is 0 Å². The molecule has 0 fully saturated rings. The molecule has 5 nitrogen and oxygen atoms in total. The van der Waals surface area contributed by atoms with Gasteiger partial charge in [0.1, 0.15) is 11.5 Å². The molecule has 0 aromatic heterocycles. The molecular formula is C20H27BrO5. The molecular weight excluding hydrogens is 400 g/mol. The highest BCUT2D eigenvalue weighted by Crippen LogP contribution is 2.35. The average Bonchev–Trinajstić information content (AvgIpc) is 2.63. The number of halogens is 1. The summed E-state index contributed by atoms with van der Waals surface area (Å²) in [5.74, 6) is 0.757. The normalized spacial score (nSPS) is 15.7. The van der Waals surface area contributed by atoms with E-state index in [1.165, 1.54) is 6.92 Å². The number of esters is 1. The summed E-state index contributed by atoms with van der Waals surface area (Å²) < 4.78 is 16.7. The van der Waals surface area contributed by atoms with Crippen LogP contribution in [-0.2, 0) is 16.0 Å². The number of hydrogen-bond donors (Lipinski definition) is 0. The molecule has 0 aliphatic carbocycles. The Hall–Kier alpha value is -1.56. The molecule has 1 aliphatic rings. The van der Waals surface area contributed by atoms with E-state index in [2.05, 4.69) is 15.9 Å². The quantitative estimate of drug-likeness (QED) is 0.239. The third-order valence-corrected chi connectivity index (χ3v) is 4.88. The molecule has 144 valence electrons. The van der Waals surface area contributed by atoms with Crippen LogP contribution < -0.4 is 9.47 Å². The summed E-state index contributed by atoms with van der Waals surface area (Å²) in [6.45, 7) is 4.20. The van der Waals surface area contributed by atoms with E-state index < -0.39 is 6.10 Å². The smallest absolute Gasteiger partial charge is 0.347 e. The maximum absolute atomic E-state index is 12.0. The van der Waals surface area contributed by atoms with E-state index in [4.69, 9.17) is 14.2 Å². The molecule has 1 aliphatic heterocycles. The fraction of sp³-hybridized carbons (Fsp3) is 0.600. The van der Waals surface area contributed by atoms with Crippen LogP contribution in [0.3, 0.4) is 0 Å². The van der Waals surface area contributed by atoms with Gasteiger partial charge in [-0.2, -0.15) is 0 Å². The maximum Gasteiger partial charge on any atom is 0.347 e. The van der Waals surface area contributed by atoms with Crippen molar-refractivity contribution in [2.45, 2.75) is 58.5 Å². The average molecular weight is 427 g/mol. The van der Waals surface area contributed by atoms with Gasteiger partial charge in [-0.25, -0.2) is 4.79 Å². The van der Waals surface area contributed by atoms with Gasteiger partial charge in [-0.1, -0.05) is 28.8 Å². The highest BCUT2D eigenvalue weighted by Gasteiger charge is 2.28. The lowest BCUT2D eigenvalue weighted by Gasteiger charge is -2.26. The fourth-order valence-corrected chi connectivity index (χ4v) is 3.33. The Kier molecular flexibility index (Phi) is 8.42. The number of benzene rings is 1. The lowest BCUT2D eigenvalue weighted by molar-refractivity contribution is -0.152. The lowest BCUT2D eigenvalue weighted by Crippen LogP contribution is -2.33. The summed E-state index contributed by atoms with van der Waals surface area (Å²) >= 11 is 3.42. The second-order valence-electron chi connectivity index (χ2n) is 6.36. The predicted molar refractivity (Wildman–Crippen MR) is 104 cm³/mol. The number of Topliss-reactive ketones (excluding diaryl/α,β-unsaturated/α-hetero) is 1. The van der Waals surface area contributed by atoms with Gasteiger partial charge in [-0.15, -0.1) is 0 Å². The van der Waals surface area contributed by atoms with E-state index in [0.717, 1.165) is 36.6 Å². The first-order valence-corrected chi connectivity index (χ1v) is 10.4. The van der Waals surface area contributed by atoms with Crippen LogP contribution in [0.15, 0.2) is 12.1 Å². The van der Waals surface area contributed by atoms with Gasteiger partial charge in [0.05, 0.1) is 18.8 Å². The van der Waals surface area contributed by atoms with Crippen molar-refractivity contribution >= 4 is 27.7 Å². The van der Waals surface area contributed by atoms with Crippen LogP contribution in [0.5, 0.6) is 11.5 Å². The number of carbonyl (C=O) groups excluding carboxylic acids is 2. The minimum absolute atomic E-state index is 0.0328. The summed E-state index contributed by atoms with van der Waals surface area (Å²) in [5, 5.41) is 1.02. The molecule has 0 amide bonds. The molecule has 0 bridgehead atoms. The molecule has 0 N–H and O–H groups in total. The summed E-state index contributed by atoms with van der Waals surface area (Å²) in [6.07, 6.45) is 4.97. The topological polar surface area (TPSA) is 61.8 Å². The number of rotatable bonds is 10. The lowest BCUT2D eigenvalue weighted by atomic mass is 9.98. The Morgan fingerprint density at radius 1 is 1.23 bits per heavy atom. The molecule has 1 unspecified atom stereocenters. The summed E-state index contributed by atoms with van der Waals surface area (Å²) in [4.78, 5) is 23.9. The van der Waals surface area contributed by atoms with Gasteiger partial charge >= 0.3 is 5.97 Å². The monoisotopic (exact) mass is 426 g/mol. The van der Waals surface area contributed by atoms with Crippen molar-refractivity contribution < 1.29 is 23.8 Å². The van der Waals surface area contributed by atoms with E-state index >= 15 is 0 Å². The van der Waals surface area contributed by atoms with Crippen LogP contribution in [0.2, 0.25) is 0 Å². The second kappa shape index (κ2) is 10.6. The largest absolute Gasteiger partial charge is 0.493 e. The van der Waals surface area contributed by atoms with Gasteiger partial charge < -0.3 is 14.2 Å². The zero-order chi connectivity index (χ0) is 18.9. The highest BCUT2D eigenvalue weighted by molar-refractivity contribution is 9.09. The minimum atomic E-state index is -0.595. The van der Waals surface area contributed by atoms with Crippen LogP contribution in [-0.4, -0.2) is 36.4 Å². The molecule has 2 rings (SSSR count). The zero-order valence-corrected chi connectivity index (χ0v) is 17.1. The van der Waals surface area contributed by atoms with Crippen LogP contribution >= 0.6 is 15.9 Å². The van der Waals surface area contributed by atoms with Crippen molar-refractivity contribution in [3.63, 3.8) is 0 Å². The molecule has 1 atom stereocenters. The molecule has 0 saturated carbocycles. The third kappa shape index (κ3) is 5.73. The number of fused-ring (bicyclic) bond motifs is 1. The molecule has 1 aromatic carbocycles. The first-order valence-electron chi connectivity index (χ1n) is 9.26. The Morgan fingerprint density at radius 2 is 2.00 bits per heavy atom. The highest BCUT2D eigenvalue weighted by atomic mass is 79.9. The number of unbranched alkanes of at least 4 members (excludes halogenated alkanes) is 3.